The first kappa shape index (κ1) is 21.4. The van der Waals surface area contributed by atoms with Gasteiger partial charge in [0.2, 0.25) is 0 Å². The minimum Gasteiger partial charge on any atom is -0.490 e. The lowest BCUT2D eigenvalue weighted by atomic mass is 9.64. The lowest BCUT2D eigenvalue weighted by Gasteiger charge is -2.48. The molecule has 2 aliphatic carbocycles. The molecule has 0 unspecified atom stereocenters. The summed E-state index contributed by atoms with van der Waals surface area (Å²) < 4.78 is 21.5. The van der Waals surface area contributed by atoms with Gasteiger partial charge in [-0.05, 0) is 57.4 Å². The van der Waals surface area contributed by atoms with Crippen LogP contribution in [0.15, 0.2) is 49.1 Å². The first-order valence-corrected chi connectivity index (χ1v) is 12.3. The highest BCUT2D eigenvalue weighted by molar-refractivity contribution is 6.31. The normalized spacial score (nSPS) is 31.2. The maximum atomic E-state index is 6.49. The largest absolute Gasteiger partial charge is 0.490 e. The van der Waals surface area contributed by atoms with Crippen molar-refractivity contribution >= 4 is 39.4 Å². The monoisotopic (exact) mass is 491 g/mol. The van der Waals surface area contributed by atoms with Crippen LogP contribution in [0.5, 0.6) is 5.75 Å². The van der Waals surface area contributed by atoms with Crippen molar-refractivity contribution < 1.29 is 14.2 Å². The summed E-state index contributed by atoms with van der Waals surface area (Å²) >= 11 is 6.07. The number of benzene rings is 1. The van der Waals surface area contributed by atoms with Crippen LogP contribution in [-0.4, -0.2) is 43.6 Å². The summed E-state index contributed by atoms with van der Waals surface area (Å²) in [6.07, 6.45) is 8.03. The van der Waals surface area contributed by atoms with Crippen LogP contribution in [0.1, 0.15) is 39.2 Å². The number of nitrogens with zero attached hydrogens (tertiary/aromatic N) is 4. The van der Waals surface area contributed by atoms with E-state index in [-0.39, 0.29) is 29.8 Å². The molecule has 3 atom stereocenters. The molecule has 9 heteroatoms. The lowest BCUT2D eigenvalue weighted by molar-refractivity contribution is -0.185. The van der Waals surface area contributed by atoms with E-state index in [1.165, 1.54) is 6.33 Å². The number of hydrogen-bond donors (Lipinski definition) is 1. The topological polar surface area (TPSA) is 97.3 Å². The zero-order chi connectivity index (χ0) is 23.9. The van der Waals surface area contributed by atoms with E-state index in [9.17, 15) is 0 Å². The number of halogens is 1. The Hall–Kier alpha value is -2.94. The van der Waals surface area contributed by atoms with Crippen LogP contribution in [0, 0.1) is 5.41 Å². The quantitative estimate of drug-likeness (QED) is 0.435. The number of pyridine rings is 1. The Balaban J connectivity index is 1.15. The second-order valence-corrected chi connectivity index (χ2v) is 11.0. The number of nitrogens with two attached hydrogens (primary N) is 1. The van der Waals surface area contributed by atoms with E-state index < -0.39 is 5.79 Å². The SMILES string of the molecule is CC1(C)O[C@H]2[C@H](n3ccc4c(N)ncnc43)CC3(CC(Oc4ccc5cc(Cl)cnc5c4)C3)[C@H]2O1. The molecule has 0 amide bonds. The molecule has 1 aromatic carbocycles. The van der Waals surface area contributed by atoms with E-state index in [0.29, 0.717) is 10.8 Å². The lowest BCUT2D eigenvalue weighted by Crippen LogP contribution is -2.50. The van der Waals surface area contributed by atoms with Gasteiger partial charge in [-0.25, -0.2) is 9.97 Å². The van der Waals surface area contributed by atoms with Gasteiger partial charge < -0.3 is 24.5 Å². The van der Waals surface area contributed by atoms with E-state index in [1.54, 1.807) is 6.20 Å². The Morgan fingerprint density at radius 3 is 2.80 bits per heavy atom. The van der Waals surface area contributed by atoms with Crippen molar-refractivity contribution in [2.45, 2.75) is 63.3 Å². The molecule has 8 nitrogen and oxygen atoms in total. The summed E-state index contributed by atoms with van der Waals surface area (Å²) in [6, 6.07) is 9.96. The first-order valence-electron chi connectivity index (χ1n) is 11.9. The second kappa shape index (κ2) is 7.29. The Kier molecular flexibility index (Phi) is 4.45. The summed E-state index contributed by atoms with van der Waals surface area (Å²) in [5.74, 6) is 0.687. The Labute approximate surface area is 207 Å². The molecule has 4 aromatic rings. The molecule has 3 fully saturated rings. The fourth-order valence-electron chi connectivity index (χ4n) is 6.38. The van der Waals surface area contributed by atoms with Gasteiger partial charge in [-0.2, -0.15) is 0 Å². The number of rotatable bonds is 3. The highest BCUT2D eigenvalue weighted by Crippen LogP contribution is 2.62. The van der Waals surface area contributed by atoms with E-state index in [0.717, 1.165) is 46.9 Å². The molecule has 180 valence electrons. The van der Waals surface area contributed by atoms with Crippen LogP contribution >= 0.6 is 11.6 Å². The van der Waals surface area contributed by atoms with Crippen LogP contribution in [0.3, 0.4) is 0 Å². The van der Waals surface area contributed by atoms with Gasteiger partial charge in [0.25, 0.3) is 0 Å². The predicted molar refractivity (Wildman–Crippen MR) is 132 cm³/mol. The van der Waals surface area contributed by atoms with E-state index in [2.05, 4.69) is 19.5 Å². The van der Waals surface area contributed by atoms with Crippen LogP contribution in [0.2, 0.25) is 5.02 Å². The van der Waals surface area contributed by atoms with Crippen LogP contribution in [0.4, 0.5) is 5.82 Å². The molecule has 1 spiro atoms. The number of aromatic nitrogens is 4. The minimum absolute atomic E-state index is 0.000559. The molecule has 2 saturated carbocycles. The Bertz CT molecular complexity index is 1460. The standard InChI is InChI=1S/C26H26ClN5O3/c1-25(2)34-21-20(32-6-5-18-23(28)30-13-31-24(18)32)11-26(22(21)35-25)9-17(10-26)33-16-4-3-14-7-15(27)12-29-19(14)8-16/h3-8,12-13,17,20-22H,9-11H2,1-2H3,(H2,28,30,31)/t17?,20-,21+,22+,26?/m1/s1. The van der Waals surface area contributed by atoms with E-state index >= 15 is 0 Å². The zero-order valence-electron chi connectivity index (χ0n) is 19.5. The molecular weight excluding hydrogens is 466 g/mol. The average Bonchev–Trinajstić information content (AvgIpc) is 3.44. The van der Waals surface area contributed by atoms with Gasteiger partial charge in [0.1, 0.15) is 29.6 Å². The van der Waals surface area contributed by atoms with Crippen molar-refractivity contribution in [2.24, 2.45) is 5.41 Å². The maximum Gasteiger partial charge on any atom is 0.163 e. The third-order valence-electron chi connectivity index (χ3n) is 7.82. The number of hydrogen-bond acceptors (Lipinski definition) is 7. The molecule has 0 radical (unpaired) electrons. The summed E-state index contributed by atoms with van der Waals surface area (Å²) in [5.41, 5.74) is 7.79. The van der Waals surface area contributed by atoms with Gasteiger partial charge in [0.15, 0.2) is 5.79 Å². The smallest absolute Gasteiger partial charge is 0.163 e. The number of ether oxygens (including phenoxy) is 3. The summed E-state index contributed by atoms with van der Waals surface area (Å²) in [7, 11) is 0. The second-order valence-electron chi connectivity index (χ2n) is 10.5. The van der Waals surface area contributed by atoms with Crippen molar-refractivity contribution in [3.8, 4) is 5.75 Å². The summed E-state index contributed by atoms with van der Waals surface area (Å²) in [4.78, 5) is 13.1. The summed E-state index contributed by atoms with van der Waals surface area (Å²) in [5, 5.41) is 2.49. The third kappa shape index (κ3) is 3.31. The Morgan fingerprint density at radius 1 is 1.09 bits per heavy atom. The van der Waals surface area contributed by atoms with E-state index in [4.69, 9.17) is 31.5 Å². The van der Waals surface area contributed by atoms with Crippen molar-refractivity contribution in [3.05, 3.63) is 54.1 Å². The first-order chi connectivity index (χ1) is 16.8. The number of anilines is 1. The number of fused-ring (bicyclic) bond motifs is 4. The maximum absolute atomic E-state index is 6.49. The molecule has 1 saturated heterocycles. The number of nitrogen functional groups attached to an aromatic ring is 1. The third-order valence-corrected chi connectivity index (χ3v) is 8.02. The van der Waals surface area contributed by atoms with Crippen molar-refractivity contribution in [1.29, 1.82) is 0 Å². The van der Waals surface area contributed by atoms with Gasteiger partial charge in [-0.15, -0.1) is 0 Å². The van der Waals surface area contributed by atoms with Crippen molar-refractivity contribution in [1.82, 2.24) is 19.5 Å². The molecule has 35 heavy (non-hydrogen) atoms. The van der Waals surface area contributed by atoms with Gasteiger partial charge >= 0.3 is 0 Å². The summed E-state index contributed by atoms with van der Waals surface area (Å²) in [6.45, 7) is 3.98. The predicted octanol–water partition coefficient (Wildman–Crippen LogP) is 4.91. The highest BCUT2D eigenvalue weighted by Gasteiger charge is 2.66. The molecule has 0 bridgehead atoms. The molecule has 2 N–H and O–H groups in total. The van der Waals surface area contributed by atoms with Crippen LogP contribution in [-0.2, 0) is 9.47 Å². The fraction of sp³-hybridized carbons (Fsp3) is 0.423. The molecular formula is C26H26ClN5O3. The molecule has 3 aliphatic rings. The van der Waals surface area contributed by atoms with Crippen LogP contribution in [0.25, 0.3) is 21.9 Å². The molecule has 1 aliphatic heterocycles. The van der Waals surface area contributed by atoms with E-state index in [1.807, 2.05) is 50.4 Å². The fourth-order valence-corrected chi connectivity index (χ4v) is 6.54. The average molecular weight is 492 g/mol. The van der Waals surface area contributed by atoms with Gasteiger partial charge in [0, 0.05) is 29.3 Å². The minimum atomic E-state index is -0.630. The van der Waals surface area contributed by atoms with Crippen molar-refractivity contribution in [2.75, 3.05) is 5.73 Å². The van der Waals surface area contributed by atoms with Crippen molar-refractivity contribution in [3.63, 3.8) is 0 Å². The Morgan fingerprint density at radius 2 is 1.94 bits per heavy atom. The molecule has 3 aromatic heterocycles. The van der Waals surface area contributed by atoms with Gasteiger partial charge in [-0.1, -0.05) is 11.6 Å². The van der Waals surface area contributed by atoms with Gasteiger partial charge in [-0.3, -0.25) is 4.98 Å². The highest BCUT2D eigenvalue weighted by atomic mass is 35.5. The van der Waals surface area contributed by atoms with Gasteiger partial charge in [0.05, 0.1) is 34.2 Å². The molecule has 4 heterocycles. The zero-order valence-corrected chi connectivity index (χ0v) is 20.3. The molecule has 7 rings (SSSR count). The van der Waals surface area contributed by atoms with Crippen LogP contribution < -0.4 is 10.5 Å².